The molecule has 9 aromatic rings. The van der Waals surface area contributed by atoms with Gasteiger partial charge in [0.2, 0.25) is 5.91 Å². The molecule has 110 heavy (non-hydrogen) atoms. The third-order valence-corrected chi connectivity index (χ3v) is 18.7. The lowest BCUT2D eigenvalue weighted by atomic mass is 9.84. The second-order valence-electron chi connectivity index (χ2n) is 31.4. The fraction of sp³-hybridized carbons (Fsp3) is 0.435. The van der Waals surface area contributed by atoms with Gasteiger partial charge in [0.25, 0.3) is 11.8 Å². The largest absolute Gasteiger partial charge is 0.387 e. The van der Waals surface area contributed by atoms with Crippen LogP contribution in [0.3, 0.4) is 0 Å². The Labute approximate surface area is 639 Å². The third-order valence-electron chi connectivity index (χ3n) is 18.7. The molecule has 8 atom stereocenters. The summed E-state index contributed by atoms with van der Waals surface area (Å²) in [6, 6.07) is 35.6. The predicted molar refractivity (Wildman–Crippen MR) is 410 cm³/mol. The summed E-state index contributed by atoms with van der Waals surface area (Å²) < 4.78 is 131. The topological polar surface area (TPSA) is 201 Å². The minimum absolute atomic E-state index is 0.00595. The number of carbonyl (C=O) groups excluding carboxylic acids is 3. The Morgan fingerprint density at radius 2 is 0.709 bits per heavy atom. The average Bonchev–Trinajstić information content (AvgIpc) is 1.65. The van der Waals surface area contributed by atoms with Crippen LogP contribution in [0, 0.1) is 63.0 Å². The van der Waals surface area contributed by atoms with Crippen LogP contribution >= 0.6 is 0 Å². The van der Waals surface area contributed by atoms with E-state index in [0.717, 1.165) is 71.3 Å². The smallest absolute Gasteiger partial charge is 0.251 e. The molecule has 594 valence electrons. The van der Waals surface area contributed by atoms with Crippen LogP contribution in [-0.2, 0) is 34.0 Å². The first kappa shape index (κ1) is 87.8. The van der Waals surface area contributed by atoms with E-state index in [9.17, 15) is 69.2 Å². The van der Waals surface area contributed by atoms with Crippen LogP contribution in [-0.4, -0.2) is 141 Å². The van der Waals surface area contributed by atoms with E-state index in [4.69, 9.17) is 20.7 Å². The SMILES string of the molecule is CC(O)C(=O)N(CC[C@H](C)CF)[C@@H](c1nc(-c2cc(F)ccc2F)cn1Cc1ccccc1)C(C)(C)C.C[C@H](CF)CCN(C(=O)CO)[C@@H](c1nc(-c2cc(F)ccc2F)cn1Cc1ccccc1)C(C)(C)C.C[C@H](O)C(=O)N(CC[C@H](N)CF)[C@@H](c1nc(-c2cc(F)ccc2F)cn1Cc1ccccc1)C(C)(C)C. The van der Waals surface area contributed by atoms with Crippen LogP contribution in [0.1, 0.15) is 162 Å². The molecule has 9 rings (SSSR count). The third kappa shape index (κ3) is 23.8. The van der Waals surface area contributed by atoms with Gasteiger partial charge in [-0.15, -0.1) is 0 Å². The zero-order chi connectivity index (χ0) is 81.1. The van der Waals surface area contributed by atoms with Crippen molar-refractivity contribution in [1.82, 2.24) is 43.4 Å². The van der Waals surface area contributed by atoms with Gasteiger partial charge in [-0.3, -0.25) is 23.2 Å². The summed E-state index contributed by atoms with van der Waals surface area (Å²) in [4.78, 5) is 58.3. The van der Waals surface area contributed by atoms with Crippen molar-refractivity contribution in [3.05, 3.63) is 233 Å². The summed E-state index contributed by atoms with van der Waals surface area (Å²) in [7, 11) is 0. The fourth-order valence-corrected chi connectivity index (χ4v) is 13.1. The highest BCUT2D eigenvalue weighted by molar-refractivity contribution is 5.81. The standard InChI is InChI=1S/C29H36F3N3O2.C28H35F3N4O2.C28H34F3N3O2/c1-19(16-30)13-14-35(28(37)20(2)36)26(29(3,4)5)27-33-25(23-15-22(31)11-12-24(23)32)18-34(27)17-21-9-7-6-8-10-21;1-18(36)27(37)35(13-12-21(32)15-29)25(28(2,3)4)26-33-24(22-14-20(30)10-11-23(22)31)17-34(26)16-19-8-6-5-7-9-19;1-19(15-29)12-13-34(25(36)18-35)26(28(2,3)4)27-32-24(22-14-21(30)10-11-23(22)31)17-33(27)16-20-8-6-5-7-9-20/h6-12,15,18-20,26,36H,13-14,16-17H2,1-5H3;5-11,14,17-18,21,25,36H,12-13,15-16,32H2,1-4H3;5-11,14,17,19,26,35H,12-13,15-16,18H2,1-4H3/t19-,20?,26-;18-,21-,25-;19-,26-/m000/s1. The molecule has 0 saturated heterocycles. The lowest BCUT2D eigenvalue weighted by Crippen LogP contribution is -2.47. The highest BCUT2D eigenvalue weighted by Crippen LogP contribution is 2.44. The van der Waals surface area contributed by atoms with Gasteiger partial charge in [-0.2, -0.15) is 0 Å². The molecule has 0 spiro atoms. The number of alkyl halides is 3. The molecule has 1 unspecified atom stereocenters. The van der Waals surface area contributed by atoms with E-state index in [-0.39, 0.29) is 71.7 Å². The van der Waals surface area contributed by atoms with Crippen molar-refractivity contribution in [2.75, 3.05) is 46.3 Å². The summed E-state index contributed by atoms with van der Waals surface area (Å²) in [5, 5.41) is 30.2. The Hall–Kier alpha value is -9.43. The van der Waals surface area contributed by atoms with Crippen molar-refractivity contribution >= 4 is 17.7 Å². The van der Waals surface area contributed by atoms with Crippen molar-refractivity contribution in [2.45, 2.75) is 165 Å². The van der Waals surface area contributed by atoms with Gasteiger partial charge >= 0.3 is 0 Å². The maximum Gasteiger partial charge on any atom is 0.251 e. The maximum atomic E-state index is 14.8. The Morgan fingerprint density at radius 1 is 0.427 bits per heavy atom. The minimum atomic E-state index is -1.32. The number of hydrogen-bond acceptors (Lipinski definition) is 10. The van der Waals surface area contributed by atoms with E-state index in [1.807, 2.05) is 167 Å². The zero-order valence-corrected chi connectivity index (χ0v) is 65.0. The number of rotatable bonds is 30. The molecule has 16 nitrogen and oxygen atoms in total. The van der Waals surface area contributed by atoms with Gasteiger partial charge < -0.3 is 49.5 Å². The van der Waals surface area contributed by atoms with Crippen molar-refractivity contribution in [3.8, 4) is 33.8 Å². The number of nitrogens with two attached hydrogens (primary N) is 1. The first-order valence-corrected chi connectivity index (χ1v) is 36.9. The maximum absolute atomic E-state index is 14.8. The minimum Gasteiger partial charge on any atom is -0.387 e. The summed E-state index contributed by atoms with van der Waals surface area (Å²) in [5.41, 5.74) is 7.64. The van der Waals surface area contributed by atoms with Gasteiger partial charge in [0, 0.05) is 80.6 Å². The van der Waals surface area contributed by atoms with Crippen LogP contribution in [0.2, 0.25) is 0 Å². The van der Waals surface area contributed by atoms with Gasteiger partial charge in [-0.1, -0.05) is 167 Å². The molecule has 0 bridgehead atoms. The van der Waals surface area contributed by atoms with Crippen molar-refractivity contribution in [2.24, 2.45) is 33.8 Å². The first-order chi connectivity index (χ1) is 51.9. The van der Waals surface area contributed by atoms with Crippen LogP contribution in [0.5, 0.6) is 0 Å². The van der Waals surface area contributed by atoms with Crippen LogP contribution in [0.15, 0.2) is 164 Å². The second kappa shape index (κ2) is 39.5. The number of aliphatic hydroxyl groups excluding tert-OH is 3. The number of hydrogen-bond donors (Lipinski definition) is 4. The number of aromatic nitrogens is 6. The molecule has 0 fully saturated rings. The summed E-state index contributed by atoms with van der Waals surface area (Å²) in [5.74, 6) is -4.36. The molecule has 3 heterocycles. The summed E-state index contributed by atoms with van der Waals surface area (Å²) in [6.07, 6.45) is 3.33. The molecule has 0 saturated carbocycles. The molecule has 0 aliphatic heterocycles. The number of amides is 3. The monoisotopic (exact) mass is 1530 g/mol. The molecule has 0 aliphatic carbocycles. The van der Waals surface area contributed by atoms with Crippen LogP contribution in [0.4, 0.5) is 39.5 Å². The highest BCUT2D eigenvalue weighted by Gasteiger charge is 2.43. The molecule has 5 N–H and O–H groups in total. The molecular weight excluding hydrogens is 1430 g/mol. The van der Waals surface area contributed by atoms with Crippen LogP contribution < -0.4 is 5.73 Å². The fourth-order valence-electron chi connectivity index (χ4n) is 13.1. The van der Waals surface area contributed by atoms with Gasteiger partial charge in [0.1, 0.15) is 77.9 Å². The Kier molecular flexibility index (Phi) is 31.5. The Bertz CT molecular complexity index is 4240. The molecular formula is C85H105F9N10O6. The number of halogens is 9. The predicted octanol–water partition coefficient (Wildman–Crippen LogP) is 16.8. The second-order valence-corrected chi connectivity index (χ2v) is 31.4. The van der Waals surface area contributed by atoms with Crippen LogP contribution in [0.25, 0.3) is 33.8 Å². The Balaban J connectivity index is 0.000000229. The molecule has 6 aromatic carbocycles. The van der Waals surface area contributed by atoms with Crippen molar-refractivity contribution in [3.63, 3.8) is 0 Å². The van der Waals surface area contributed by atoms with Crippen molar-refractivity contribution < 1.29 is 69.2 Å². The number of aliphatic hydroxyl groups is 3. The molecule has 25 heteroatoms. The molecule has 3 aromatic heterocycles. The number of imidazole rings is 3. The highest BCUT2D eigenvalue weighted by atomic mass is 19.2. The number of carbonyl (C=O) groups is 3. The van der Waals surface area contributed by atoms with Crippen molar-refractivity contribution in [1.29, 1.82) is 0 Å². The van der Waals surface area contributed by atoms with Gasteiger partial charge in [-0.25, -0.2) is 45.7 Å². The molecule has 0 radical (unpaired) electrons. The lowest BCUT2D eigenvalue weighted by molar-refractivity contribution is -0.145. The average molecular weight is 1530 g/mol. The van der Waals surface area contributed by atoms with Gasteiger partial charge in [0.05, 0.1) is 48.6 Å². The molecule has 3 amide bonds. The first-order valence-electron chi connectivity index (χ1n) is 36.9. The van der Waals surface area contributed by atoms with Gasteiger partial charge in [0.15, 0.2) is 0 Å². The summed E-state index contributed by atoms with van der Waals surface area (Å²) >= 11 is 0. The van der Waals surface area contributed by atoms with E-state index >= 15 is 0 Å². The normalized spacial score (nSPS) is 14.0. The molecule has 0 aliphatic rings. The van der Waals surface area contributed by atoms with E-state index in [0.29, 0.717) is 49.9 Å². The Morgan fingerprint density at radius 3 is 0.973 bits per heavy atom. The quantitative estimate of drug-likeness (QED) is 0.0314. The lowest BCUT2D eigenvalue weighted by Gasteiger charge is -2.41. The number of benzene rings is 6. The zero-order valence-electron chi connectivity index (χ0n) is 65.0. The van der Waals surface area contributed by atoms with E-state index in [1.54, 1.807) is 37.3 Å². The van der Waals surface area contributed by atoms with E-state index < -0.39 is 132 Å². The van der Waals surface area contributed by atoms with E-state index in [2.05, 4.69) is 0 Å². The summed E-state index contributed by atoms with van der Waals surface area (Å²) in [6.45, 7) is 22.8. The van der Waals surface area contributed by atoms with E-state index in [1.165, 1.54) is 23.6 Å². The van der Waals surface area contributed by atoms with Gasteiger partial charge in [-0.05, 0) is 132 Å². The number of nitrogens with zero attached hydrogens (tertiary/aromatic N) is 9.